The molecule has 0 bridgehead atoms. The lowest BCUT2D eigenvalue weighted by molar-refractivity contribution is -0.117. The van der Waals surface area contributed by atoms with E-state index < -0.39 is 11.5 Å². The van der Waals surface area contributed by atoms with Gasteiger partial charge in [0.15, 0.2) is 11.4 Å². The van der Waals surface area contributed by atoms with Crippen LogP contribution in [-0.4, -0.2) is 23.1 Å². The number of carbonyl (C=O) groups is 1. The van der Waals surface area contributed by atoms with Gasteiger partial charge in [-0.25, -0.2) is 0 Å². The van der Waals surface area contributed by atoms with Gasteiger partial charge in [0, 0.05) is 6.42 Å². The summed E-state index contributed by atoms with van der Waals surface area (Å²) in [6, 6.07) is 18.7. The molecule has 3 nitrogen and oxygen atoms in total. The summed E-state index contributed by atoms with van der Waals surface area (Å²) in [6.45, 7) is 0.431. The fourth-order valence-electron chi connectivity index (χ4n) is 2.74. The Morgan fingerprint density at radius 3 is 2.42 bits per heavy atom. The lowest BCUT2D eigenvalue weighted by Gasteiger charge is -2.23. The van der Waals surface area contributed by atoms with Crippen molar-refractivity contribution in [3.63, 3.8) is 0 Å². The third-order valence-corrected chi connectivity index (χ3v) is 3.89. The summed E-state index contributed by atoms with van der Waals surface area (Å²) in [5.74, 6) is 5.77. The molecule has 0 saturated carbocycles. The highest BCUT2D eigenvalue weighted by Gasteiger charge is 2.42. The van der Waals surface area contributed by atoms with Gasteiger partial charge in [-0.15, -0.1) is 0 Å². The Balaban J connectivity index is 1.65. The van der Waals surface area contributed by atoms with Gasteiger partial charge in [0.2, 0.25) is 0 Å². The maximum atomic E-state index is 12.1. The molecule has 0 radical (unpaired) electrons. The van der Waals surface area contributed by atoms with Crippen LogP contribution in [0.3, 0.4) is 0 Å². The summed E-state index contributed by atoms with van der Waals surface area (Å²) >= 11 is 0. The molecule has 3 heteroatoms. The molecular weight excluding hydrogens is 300 g/mol. The SMILES string of the molecule is O=C1C=C[C@](O)(C#CCCOc2ccccc2)[C@H]1c1ccccc1. The Labute approximate surface area is 141 Å². The van der Waals surface area contributed by atoms with E-state index in [4.69, 9.17) is 4.74 Å². The maximum Gasteiger partial charge on any atom is 0.167 e. The van der Waals surface area contributed by atoms with E-state index in [1.165, 1.54) is 12.2 Å². The quantitative estimate of drug-likeness (QED) is 0.696. The van der Waals surface area contributed by atoms with E-state index in [9.17, 15) is 9.90 Å². The molecule has 0 spiro atoms. The third-order valence-electron chi connectivity index (χ3n) is 3.89. The molecular formula is C21H18O3. The molecule has 0 saturated heterocycles. The topological polar surface area (TPSA) is 46.5 Å². The number of benzene rings is 2. The van der Waals surface area contributed by atoms with Crippen molar-refractivity contribution >= 4 is 5.78 Å². The number of allylic oxidation sites excluding steroid dienone is 1. The van der Waals surface area contributed by atoms with E-state index in [0.29, 0.717) is 13.0 Å². The zero-order valence-electron chi connectivity index (χ0n) is 13.2. The van der Waals surface area contributed by atoms with E-state index in [0.717, 1.165) is 11.3 Å². The van der Waals surface area contributed by atoms with Gasteiger partial charge in [0.1, 0.15) is 5.75 Å². The number of para-hydroxylation sites is 1. The van der Waals surface area contributed by atoms with Gasteiger partial charge in [-0.2, -0.15) is 0 Å². The number of hydrogen-bond acceptors (Lipinski definition) is 3. The molecule has 2 atom stereocenters. The van der Waals surface area contributed by atoms with Crippen molar-refractivity contribution in [3.05, 3.63) is 78.4 Å². The van der Waals surface area contributed by atoms with Crippen LogP contribution in [0.5, 0.6) is 5.75 Å². The highest BCUT2D eigenvalue weighted by Crippen LogP contribution is 2.35. The number of rotatable bonds is 4. The number of ketones is 1. The average molecular weight is 318 g/mol. The zero-order valence-corrected chi connectivity index (χ0v) is 13.2. The highest BCUT2D eigenvalue weighted by molar-refractivity contribution is 6.00. The third kappa shape index (κ3) is 3.56. The molecule has 2 aromatic carbocycles. The van der Waals surface area contributed by atoms with Crippen molar-refractivity contribution in [2.75, 3.05) is 6.61 Å². The first-order valence-electron chi connectivity index (χ1n) is 7.87. The van der Waals surface area contributed by atoms with Crippen molar-refractivity contribution < 1.29 is 14.6 Å². The number of hydrogen-bond donors (Lipinski definition) is 1. The first-order valence-corrected chi connectivity index (χ1v) is 7.87. The van der Waals surface area contributed by atoms with Crippen LogP contribution >= 0.6 is 0 Å². The average Bonchev–Trinajstić information content (AvgIpc) is 2.91. The number of ether oxygens (including phenoxy) is 1. The summed E-state index contributed by atoms with van der Waals surface area (Å²) in [7, 11) is 0. The van der Waals surface area contributed by atoms with Crippen LogP contribution in [0.2, 0.25) is 0 Å². The molecule has 3 rings (SSSR count). The van der Waals surface area contributed by atoms with E-state index >= 15 is 0 Å². The zero-order chi connectivity index (χ0) is 16.8. The Morgan fingerprint density at radius 2 is 1.71 bits per heavy atom. The van der Waals surface area contributed by atoms with Crippen LogP contribution in [0.1, 0.15) is 17.9 Å². The van der Waals surface area contributed by atoms with E-state index in [1.807, 2.05) is 60.7 Å². The molecule has 2 aromatic rings. The van der Waals surface area contributed by atoms with E-state index in [-0.39, 0.29) is 5.78 Å². The molecule has 24 heavy (non-hydrogen) atoms. The molecule has 1 aliphatic carbocycles. The summed E-state index contributed by atoms with van der Waals surface area (Å²) in [5.41, 5.74) is -0.685. The fraction of sp³-hybridized carbons (Fsp3) is 0.190. The van der Waals surface area contributed by atoms with E-state index in [1.54, 1.807) is 0 Å². The van der Waals surface area contributed by atoms with E-state index in [2.05, 4.69) is 11.8 Å². The number of aliphatic hydroxyl groups is 1. The van der Waals surface area contributed by atoms with Gasteiger partial charge < -0.3 is 9.84 Å². The molecule has 0 unspecified atom stereocenters. The van der Waals surface area contributed by atoms with Crippen molar-refractivity contribution in [1.82, 2.24) is 0 Å². The minimum Gasteiger partial charge on any atom is -0.493 e. The second-order valence-electron chi connectivity index (χ2n) is 5.62. The number of carbonyl (C=O) groups excluding carboxylic acids is 1. The highest BCUT2D eigenvalue weighted by atomic mass is 16.5. The minimum absolute atomic E-state index is 0.126. The molecule has 1 N–H and O–H groups in total. The molecule has 120 valence electrons. The van der Waals surface area contributed by atoms with Crippen LogP contribution in [0.4, 0.5) is 0 Å². The standard InChI is InChI=1S/C21H18O3/c22-19-13-15-21(23,20(19)17-9-3-1-4-10-17)14-7-8-16-24-18-11-5-2-6-12-18/h1-6,9-13,15,20,23H,8,16H2/t20-,21+/m0/s1. The van der Waals surface area contributed by atoms with Gasteiger partial charge in [-0.05, 0) is 29.8 Å². The van der Waals surface area contributed by atoms with Crippen molar-refractivity contribution in [2.45, 2.75) is 17.9 Å². The molecule has 0 aromatic heterocycles. The summed E-state index contributed by atoms with van der Waals surface area (Å²) in [5, 5.41) is 10.8. The molecule has 1 aliphatic rings. The molecule has 0 fully saturated rings. The van der Waals surface area contributed by atoms with Crippen LogP contribution in [0, 0.1) is 11.8 Å². The normalized spacial score (nSPS) is 22.0. The second-order valence-corrected chi connectivity index (χ2v) is 5.62. The summed E-state index contributed by atoms with van der Waals surface area (Å²) < 4.78 is 5.57. The molecule has 0 heterocycles. The smallest absolute Gasteiger partial charge is 0.167 e. The Hall–Kier alpha value is -2.83. The Morgan fingerprint density at radius 1 is 1.04 bits per heavy atom. The Kier molecular flexibility index (Phi) is 4.79. The van der Waals surface area contributed by atoms with Crippen LogP contribution < -0.4 is 4.74 Å². The van der Waals surface area contributed by atoms with Crippen molar-refractivity contribution in [1.29, 1.82) is 0 Å². The van der Waals surface area contributed by atoms with Crippen LogP contribution in [-0.2, 0) is 4.79 Å². The van der Waals surface area contributed by atoms with Gasteiger partial charge in [-0.3, -0.25) is 4.79 Å². The van der Waals surface area contributed by atoms with Crippen molar-refractivity contribution in [3.8, 4) is 17.6 Å². The van der Waals surface area contributed by atoms with Crippen LogP contribution in [0.15, 0.2) is 72.8 Å². The van der Waals surface area contributed by atoms with Gasteiger partial charge in [-0.1, -0.05) is 60.4 Å². The van der Waals surface area contributed by atoms with Crippen LogP contribution in [0.25, 0.3) is 0 Å². The minimum atomic E-state index is -1.45. The van der Waals surface area contributed by atoms with Crippen molar-refractivity contribution in [2.24, 2.45) is 0 Å². The van der Waals surface area contributed by atoms with Gasteiger partial charge in [0.25, 0.3) is 0 Å². The maximum absolute atomic E-state index is 12.1. The fourth-order valence-corrected chi connectivity index (χ4v) is 2.74. The second kappa shape index (κ2) is 7.16. The predicted molar refractivity (Wildman–Crippen MR) is 92.6 cm³/mol. The lowest BCUT2D eigenvalue weighted by atomic mass is 9.84. The van der Waals surface area contributed by atoms with Gasteiger partial charge >= 0.3 is 0 Å². The largest absolute Gasteiger partial charge is 0.493 e. The molecule has 0 amide bonds. The first kappa shape index (κ1) is 16.0. The first-order chi connectivity index (χ1) is 11.7. The monoisotopic (exact) mass is 318 g/mol. The van der Waals surface area contributed by atoms with Gasteiger partial charge in [0.05, 0.1) is 12.5 Å². The lowest BCUT2D eigenvalue weighted by Crippen LogP contribution is -2.32. The predicted octanol–water partition coefficient (Wildman–Crippen LogP) is 3.11. The summed E-state index contributed by atoms with van der Waals surface area (Å²) in [6.07, 6.45) is 3.37. The summed E-state index contributed by atoms with van der Waals surface area (Å²) in [4.78, 5) is 12.1. The molecule has 0 aliphatic heterocycles. The Bertz CT molecular complexity index is 784.